The summed E-state index contributed by atoms with van der Waals surface area (Å²) < 4.78 is 1.98. The Balaban J connectivity index is 2.24. The molecule has 1 aliphatic rings. The number of aryl methyl sites for hydroxylation is 1. The number of hydrogen-bond acceptors (Lipinski definition) is 2. The predicted octanol–water partition coefficient (Wildman–Crippen LogP) is 3.99. The van der Waals surface area contributed by atoms with Crippen molar-refractivity contribution in [2.75, 3.05) is 0 Å². The molecule has 118 valence electrons. The fourth-order valence-electron chi connectivity index (χ4n) is 3.71. The van der Waals surface area contributed by atoms with Crippen molar-refractivity contribution in [3.05, 3.63) is 65.4 Å². The molecule has 0 saturated carbocycles. The van der Waals surface area contributed by atoms with Crippen LogP contribution in [0.1, 0.15) is 31.5 Å². The van der Waals surface area contributed by atoms with E-state index in [4.69, 9.17) is 5.10 Å². The third-order valence-corrected chi connectivity index (χ3v) is 4.77. The summed E-state index contributed by atoms with van der Waals surface area (Å²) in [5.74, 6) is 0. The van der Waals surface area contributed by atoms with Gasteiger partial charge < -0.3 is 0 Å². The first-order valence-corrected chi connectivity index (χ1v) is 8.02. The summed E-state index contributed by atoms with van der Waals surface area (Å²) in [5, 5.41) is 4.84. The highest BCUT2D eigenvalue weighted by Gasteiger charge is 2.38. The summed E-state index contributed by atoms with van der Waals surface area (Å²) in [7, 11) is 2.00. The fourth-order valence-corrected chi connectivity index (χ4v) is 3.71. The van der Waals surface area contributed by atoms with E-state index in [0.717, 1.165) is 30.4 Å². The number of carbonyl (C=O) groups excluding carboxylic acids is 1. The first-order valence-electron chi connectivity index (χ1n) is 8.02. The molecular weight excluding hydrogens is 284 g/mol. The highest BCUT2D eigenvalue weighted by molar-refractivity contribution is 5.71. The van der Waals surface area contributed by atoms with Gasteiger partial charge in [-0.15, -0.1) is 0 Å². The molecule has 23 heavy (non-hydrogen) atoms. The molecule has 1 unspecified atom stereocenters. The van der Waals surface area contributed by atoms with Crippen LogP contribution in [0, 0.1) is 0 Å². The van der Waals surface area contributed by atoms with Gasteiger partial charge in [-0.1, -0.05) is 48.1 Å². The highest BCUT2D eigenvalue weighted by atomic mass is 16.1. The van der Waals surface area contributed by atoms with Crippen molar-refractivity contribution in [2.24, 2.45) is 7.05 Å². The van der Waals surface area contributed by atoms with Gasteiger partial charge in [-0.2, -0.15) is 5.10 Å². The second-order valence-electron chi connectivity index (χ2n) is 6.20. The lowest BCUT2D eigenvalue weighted by Gasteiger charge is -2.33. The second kappa shape index (κ2) is 5.99. The number of aldehydes is 1. The summed E-state index contributed by atoms with van der Waals surface area (Å²) in [6.07, 6.45) is 8.61. The van der Waals surface area contributed by atoms with Crippen LogP contribution in [-0.2, 0) is 23.7 Å². The van der Waals surface area contributed by atoms with Gasteiger partial charge in [0.15, 0.2) is 0 Å². The van der Waals surface area contributed by atoms with Crippen LogP contribution in [0.15, 0.2) is 54.1 Å². The minimum absolute atomic E-state index is 0.311. The van der Waals surface area contributed by atoms with Crippen LogP contribution in [-0.4, -0.2) is 16.1 Å². The topological polar surface area (TPSA) is 34.9 Å². The smallest absolute Gasteiger partial charge is 0.142 e. The molecule has 3 heteroatoms. The van der Waals surface area contributed by atoms with Crippen molar-refractivity contribution < 1.29 is 4.79 Å². The molecule has 3 rings (SSSR count). The molecule has 1 aromatic heterocycles. The Hall–Kier alpha value is -2.42. The quantitative estimate of drug-likeness (QED) is 0.488. The number of fused-ring (bicyclic) bond motifs is 1. The van der Waals surface area contributed by atoms with Crippen LogP contribution >= 0.6 is 0 Å². The van der Waals surface area contributed by atoms with E-state index < -0.39 is 0 Å². The van der Waals surface area contributed by atoms with Gasteiger partial charge in [0, 0.05) is 18.2 Å². The first kappa shape index (κ1) is 15.5. The minimum Gasteiger partial charge on any atom is -0.299 e. The van der Waals surface area contributed by atoms with Crippen molar-refractivity contribution in [3.63, 3.8) is 0 Å². The number of nitrogens with zero attached hydrogens (tertiary/aromatic N) is 2. The fraction of sp³-hybridized carbons (Fsp3) is 0.300. The first-order chi connectivity index (χ1) is 11.1. The van der Waals surface area contributed by atoms with Crippen molar-refractivity contribution in [1.29, 1.82) is 0 Å². The number of aromatic nitrogens is 2. The Morgan fingerprint density at radius 1 is 1.22 bits per heavy atom. The maximum absolute atomic E-state index is 11.0. The number of hydrogen-bond donors (Lipinski definition) is 0. The molecule has 1 aliphatic carbocycles. The Labute approximate surface area is 137 Å². The van der Waals surface area contributed by atoms with E-state index >= 15 is 0 Å². The van der Waals surface area contributed by atoms with Gasteiger partial charge in [0.05, 0.1) is 16.8 Å². The highest BCUT2D eigenvalue weighted by Crippen LogP contribution is 2.44. The van der Waals surface area contributed by atoms with Crippen LogP contribution in [0.4, 0.5) is 0 Å². The Bertz CT molecular complexity index is 783. The lowest BCUT2D eigenvalue weighted by atomic mass is 9.70. The van der Waals surface area contributed by atoms with Crippen LogP contribution in [0.25, 0.3) is 11.3 Å². The second-order valence-corrected chi connectivity index (χ2v) is 6.20. The molecule has 0 radical (unpaired) electrons. The van der Waals surface area contributed by atoms with Crippen LogP contribution in [0.2, 0.25) is 0 Å². The van der Waals surface area contributed by atoms with Crippen molar-refractivity contribution in [3.8, 4) is 11.3 Å². The Morgan fingerprint density at radius 3 is 2.61 bits per heavy atom. The van der Waals surface area contributed by atoms with E-state index in [1.54, 1.807) is 6.08 Å². The summed E-state index contributed by atoms with van der Waals surface area (Å²) in [6.45, 7) is 4.17. The van der Waals surface area contributed by atoms with Gasteiger partial charge >= 0.3 is 0 Å². The molecule has 0 bridgehead atoms. The average molecular weight is 306 g/mol. The normalized spacial score (nSPS) is 22.5. The zero-order valence-corrected chi connectivity index (χ0v) is 13.9. The Kier molecular flexibility index (Phi) is 4.03. The molecule has 1 heterocycles. The number of allylic oxidation sites excluding steroid dienone is 4. The van der Waals surface area contributed by atoms with Gasteiger partial charge in [-0.25, -0.2) is 0 Å². The van der Waals surface area contributed by atoms with E-state index in [9.17, 15) is 4.79 Å². The van der Waals surface area contributed by atoms with Gasteiger partial charge in [0.25, 0.3) is 0 Å². The lowest BCUT2D eigenvalue weighted by molar-refractivity contribution is -0.104. The molecule has 2 aromatic rings. The standard InChI is InChI=1S/C20H22N2O/c1-4-13-20(2)16(12-14-23)10-11-17-18(22(3)21-19(17)20)15-8-6-5-7-9-15/h4-9,12-14H,10-11H2,1-3H3/b13-4-,16-12-. The van der Waals surface area contributed by atoms with Crippen molar-refractivity contribution in [1.82, 2.24) is 9.78 Å². The zero-order chi connectivity index (χ0) is 16.4. The van der Waals surface area contributed by atoms with Crippen LogP contribution < -0.4 is 0 Å². The maximum Gasteiger partial charge on any atom is 0.142 e. The van der Waals surface area contributed by atoms with E-state index in [-0.39, 0.29) is 5.41 Å². The molecular formula is C20H22N2O. The van der Waals surface area contributed by atoms with E-state index in [1.165, 1.54) is 16.8 Å². The molecule has 0 aliphatic heterocycles. The van der Waals surface area contributed by atoms with Crippen LogP contribution in [0.5, 0.6) is 0 Å². The van der Waals surface area contributed by atoms with Gasteiger partial charge in [-0.05, 0) is 32.8 Å². The van der Waals surface area contributed by atoms with E-state index in [2.05, 4.69) is 37.3 Å². The monoisotopic (exact) mass is 306 g/mol. The molecule has 1 atom stereocenters. The molecule has 3 nitrogen and oxygen atoms in total. The minimum atomic E-state index is -0.311. The van der Waals surface area contributed by atoms with Crippen LogP contribution in [0.3, 0.4) is 0 Å². The third-order valence-electron chi connectivity index (χ3n) is 4.77. The zero-order valence-electron chi connectivity index (χ0n) is 13.9. The summed E-state index contributed by atoms with van der Waals surface area (Å²) >= 11 is 0. The average Bonchev–Trinajstić information content (AvgIpc) is 2.89. The molecule has 1 aromatic carbocycles. The molecule has 0 fully saturated rings. The summed E-state index contributed by atoms with van der Waals surface area (Å²) in [6, 6.07) is 10.4. The predicted molar refractivity (Wildman–Crippen MR) is 93.3 cm³/mol. The number of carbonyl (C=O) groups is 1. The van der Waals surface area contributed by atoms with Gasteiger partial charge in [-0.3, -0.25) is 9.48 Å². The number of benzene rings is 1. The molecule has 0 amide bonds. The molecule has 0 spiro atoms. The van der Waals surface area contributed by atoms with Gasteiger partial charge in [0.1, 0.15) is 6.29 Å². The summed E-state index contributed by atoms with van der Waals surface area (Å²) in [5.41, 5.74) is 5.55. The number of rotatable bonds is 3. The molecule has 0 saturated heterocycles. The largest absolute Gasteiger partial charge is 0.299 e. The summed E-state index contributed by atoms with van der Waals surface area (Å²) in [4.78, 5) is 11.0. The third kappa shape index (κ3) is 2.46. The van der Waals surface area contributed by atoms with E-state index in [0.29, 0.717) is 0 Å². The lowest BCUT2D eigenvalue weighted by Crippen LogP contribution is -2.28. The molecule has 0 N–H and O–H groups in total. The maximum atomic E-state index is 11.0. The van der Waals surface area contributed by atoms with Gasteiger partial charge in [0.2, 0.25) is 0 Å². The van der Waals surface area contributed by atoms with Crippen molar-refractivity contribution >= 4 is 6.29 Å². The Morgan fingerprint density at radius 2 is 1.96 bits per heavy atom. The van der Waals surface area contributed by atoms with Crippen molar-refractivity contribution in [2.45, 2.75) is 32.1 Å². The SMILES string of the molecule is C/C=C\C1(C)/C(=C\C=O)CCc2c1nn(C)c2-c1ccccc1. The van der Waals surface area contributed by atoms with E-state index in [1.807, 2.05) is 30.8 Å².